The lowest BCUT2D eigenvalue weighted by atomic mass is 10.1. The Kier molecular flexibility index (Phi) is 6.88. The molecule has 1 atom stereocenters. The Morgan fingerprint density at radius 3 is 2.54 bits per heavy atom. The van der Waals surface area contributed by atoms with E-state index < -0.39 is 0 Å². The molecular weight excluding hydrogens is 374 g/mol. The molecule has 28 heavy (non-hydrogen) atoms. The van der Waals surface area contributed by atoms with Gasteiger partial charge in [-0.05, 0) is 37.0 Å². The number of hydrogen-bond acceptors (Lipinski definition) is 4. The van der Waals surface area contributed by atoms with Crippen LogP contribution in [-0.4, -0.2) is 28.0 Å². The maximum atomic E-state index is 12.8. The zero-order valence-electron chi connectivity index (χ0n) is 16.8. The molecule has 1 aliphatic rings. The Morgan fingerprint density at radius 1 is 1.18 bits per heavy atom. The number of hydrogen-bond donors (Lipinski definition) is 2. The highest BCUT2D eigenvalue weighted by Gasteiger charge is 2.31. The minimum absolute atomic E-state index is 0.0769. The summed E-state index contributed by atoms with van der Waals surface area (Å²) in [4.78, 5) is 25.1. The number of aromatic amines is 1. The van der Waals surface area contributed by atoms with Crippen LogP contribution in [0.3, 0.4) is 0 Å². The number of rotatable bonds is 8. The minimum Gasteiger partial charge on any atom is -0.494 e. The topological polar surface area (TPSA) is 76.1 Å². The molecule has 3 rings (SSSR count). The van der Waals surface area contributed by atoms with Crippen LogP contribution in [0, 0.1) is 0 Å². The summed E-state index contributed by atoms with van der Waals surface area (Å²) >= 11 is 1.48. The first-order chi connectivity index (χ1) is 13.6. The lowest BCUT2D eigenvalue weighted by molar-refractivity contribution is -0.113. The van der Waals surface area contributed by atoms with E-state index in [4.69, 9.17) is 4.74 Å². The standard InChI is InChI=1S/C21H29N3O3S/c1-4-7-12-27-16-10-8-14(9-11-16)19-18-20(22-17(25)13-28-19)24(23-21(18)26)15(5-2)6-3/h8-11,15,19H,4-7,12-13H2,1-3H3,(H,22,25)(H,23,26)/t19-/m0/s1. The third-order valence-corrected chi connectivity index (χ3v) is 6.39. The largest absolute Gasteiger partial charge is 0.494 e. The second-order valence-electron chi connectivity index (χ2n) is 7.05. The van der Waals surface area contributed by atoms with Crippen LogP contribution in [0.5, 0.6) is 5.75 Å². The molecule has 0 spiro atoms. The van der Waals surface area contributed by atoms with E-state index in [0.29, 0.717) is 23.7 Å². The summed E-state index contributed by atoms with van der Waals surface area (Å²) in [5.74, 6) is 1.68. The van der Waals surface area contributed by atoms with Crippen molar-refractivity contribution >= 4 is 23.5 Å². The zero-order valence-corrected chi connectivity index (χ0v) is 17.6. The zero-order chi connectivity index (χ0) is 20.1. The van der Waals surface area contributed by atoms with Crippen molar-refractivity contribution in [2.75, 3.05) is 17.7 Å². The third-order valence-electron chi connectivity index (χ3n) is 5.12. The van der Waals surface area contributed by atoms with Crippen LogP contribution < -0.4 is 15.6 Å². The van der Waals surface area contributed by atoms with E-state index in [-0.39, 0.29) is 22.8 Å². The molecule has 1 aliphatic heterocycles. The maximum absolute atomic E-state index is 12.8. The van der Waals surface area contributed by atoms with Crippen LogP contribution in [-0.2, 0) is 4.79 Å². The van der Waals surface area contributed by atoms with Crippen LogP contribution in [0.1, 0.15) is 68.9 Å². The second kappa shape index (κ2) is 9.37. The molecule has 7 heteroatoms. The van der Waals surface area contributed by atoms with Crippen LogP contribution in [0.4, 0.5) is 5.82 Å². The first-order valence-electron chi connectivity index (χ1n) is 10.1. The highest BCUT2D eigenvalue weighted by Crippen LogP contribution is 2.41. The third kappa shape index (κ3) is 4.29. The van der Waals surface area contributed by atoms with Crippen LogP contribution in [0.2, 0.25) is 0 Å². The number of nitrogens with one attached hydrogen (secondary N) is 2. The van der Waals surface area contributed by atoms with E-state index in [1.54, 1.807) is 0 Å². The Bertz CT molecular complexity index is 853. The summed E-state index contributed by atoms with van der Waals surface area (Å²) in [6.07, 6.45) is 3.88. The van der Waals surface area contributed by atoms with Gasteiger partial charge in [0.25, 0.3) is 5.56 Å². The first-order valence-corrected chi connectivity index (χ1v) is 11.1. The normalized spacial score (nSPS) is 16.6. The van der Waals surface area contributed by atoms with Gasteiger partial charge in [-0.25, -0.2) is 0 Å². The number of aromatic nitrogens is 2. The van der Waals surface area contributed by atoms with Gasteiger partial charge in [0.15, 0.2) is 0 Å². The lowest BCUT2D eigenvalue weighted by Gasteiger charge is -2.18. The molecule has 0 saturated carbocycles. The quantitative estimate of drug-likeness (QED) is 0.637. The van der Waals surface area contributed by atoms with Crippen LogP contribution >= 0.6 is 11.8 Å². The number of ether oxygens (including phenoxy) is 1. The molecule has 152 valence electrons. The summed E-state index contributed by atoms with van der Waals surface area (Å²) < 4.78 is 7.59. The number of unbranched alkanes of at least 4 members (excludes halogenated alkanes) is 1. The number of amides is 1. The van der Waals surface area contributed by atoms with Crippen molar-refractivity contribution in [2.24, 2.45) is 0 Å². The lowest BCUT2D eigenvalue weighted by Crippen LogP contribution is -2.19. The van der Waals surface area contributed by atoms with Gasteiger partial charge >= 0.3 is 0 Å². The molecule has 1 amide bonds. The number of nitrogens with zero attached hydrogens (tertiary/aromatic N) is 1. The number of fused-ring (bicyclic) bond motifs is 1. The van der Waals surface area contributed by atoms with Gasteiger partial charge in [-0.2, -0.15) is 0 Å². The maximum Gasteiger partial charge on any atom is 0.270 e. The predicted octanol–water partition coefficient (Wildman–Crippen LogP) is 4.49. The van der Waals surface area contributed by atoms with Gasteiger partial charge in [0, 0.05) is 0 Å². The molecule has 1 aromatic heterocycles. The van der Waals surface area contributed by atoms with Crippen molar-refractivity contribution in [1.82, 2.24) is 9.78 Å². The van der Waals surface area contributed by atoms with Gasteiger partial charge in [0.1, 0.15) is 11.6 Å². The second-order valence-corrected chi connectivity index (χ2v) is 8.15. The summed E-state index contributed by atoms with van der Waals surface area (Å²) in [5.41, 5.74) is 1.49. The molecule has 6 nitrogen and oxygen atoms in total. The van der Waals surface area contributed by atoms with E-state index in [2.05, 4.69) is 31.2 Å². The van der Waals surface area contributed by atoms with E-state index in [0.717, 1.165) is 37.0 Å². The van der Waals surface area contributed by atoms with Crippen molar-refractivity contribution in [2.45, 2.75) is 57.7 Å². The number of H-pyrrole nitrogens is 1. The van der Waals surface area contributed by atoms with Gasteiger partial charge in [-0.15, -0.1) is 11.8 Å². The molecule has 1 aromatic carbocycles. The summed E-state index contributed by atoms with van der Waals surface area (Å²) in [7, 11) is 0. The average Bonchev–Trinajstić information content (AvgIpc) is 2.89. The fraction of sp³-hybridized carbons (Fsp3) is 0.524. The highest BCUT2D eigenvalue weighted by atomic mass is 32.2. The molecule has 2 aromatic rings. The number of anilines is 1. The molecule has 2 heterocycles. The van der Waals surface area contributed by atoms with Crippen LogP contribution in [0.25, 0.3) is 0 Å². The minimum atomic E-state index is -0.196. The van der Waals surface area contributed by atoms with Crippen molar-refractivity contribution in [1.29, 1.82) is 0 Å². The average molecular weight is 404 g/mol. The molecule has 0 aliphatic carbocycles. The van der Waals surface area contributed by atoms with Crippen molar-refractivity contribution < 1.29 is 9.53 Å². The Labute approximate surface area is 170 Å². The van der Waals surface area contributed by atoms with E-state index >= 15 is 0 Å². The highest BCUT2D eigenvalue weighted by molar-refractivity contribution is 8.00. The number of benzene rings is 1. The van der Waals surface area contributed by atoms with Crippen molar-refractivity contribution in [3.8, 4) is 5.75 Å². The van der Waals surface area contributed by atoms with Gasteiger partial charge in [0.05, 0.1) is 29.2 Å². The molecule has 0 unspecified atom stereocenters. The molecular formula is C21H29N3O3S. The van der Waals surface area contributed by atoms with Gasteiger partial charge in [-0.3, -0.25) is 19.4 Å². The van der Waals surface area contributed by atoms with Crippen molar-refractivity contribution in [3.63, 3.8) is 0 Å². The fourth-order valence-electron chi connectivity index (χ4n) is 3.51. The molecule has 2 N–H and O–H groups in total. The Morgan fingerprint density at radius 2 is 1.89 bits per heavy atom. The van der Waals surface area contributed by atoms with Gasteiger partial charge in [0.2, 0.25) is 5.91 Å². The van der Waals surface area contributed by atoms with E-state index in [9.17, 15) is 9.59 Å². The van der Waals surface area contributed by atoms with E-state index in [1.807, 2.05) is 28.9 Å². The summed E-state index contributed by atoms with van der Waals surface area (Å²) in [6.45, 7) is 7.00. The summed E-state index contributed by atoms with van der Waals surface area (Å²) in [5, 5.41) is 5.72. The molecule has 0 saturated heterocycles. The fourth-order valence-corrected chi connectivity index (χ4v) is 4.63. The predicted molar refractivity (Wildman–Crippen MR) is 114 cm³/mol. The molecule has 0 radical (unpaired) electrons. The van der Waals surface area contributed by atoms with Gasteiger partial charge < -0.3 is 10.1 Å². The number of carbonyl (C=O) groups is 1. The Balaban J connectivity index is 1.95. The summed E-state index contributed by atoms with van der Waals surface area (Å²) in [6, 6.07) is 8.02. The van der Waals surface area contributed by atoms with Crippen molar-refractivity contribution in [3.05, 3.63) is 45.7 Å². The smallest absolute Gasteiger partial charge is 0.270 e. The SMILES string of the molecule is CCCCOc1ccc([C@@H]2SCC(=O)Nc3c2c(=O)[nH]n3C(CC)CC)cc1. The van der Waals surface area contributed by atoms with E-state index in [1.165, 1.54) is 11.8 Å². The van der Waals surface area contributed by atoms with Crippen LogP contribution in [0.15, 0.2) is 29.1 Å². The Hall–Kier alpha value is -2.15. The monoisotopic (exact) mass is 403 g/mol. The number of carbonyl (C=O) groups excluding carboxylic acids is 1. The molecule has 0 fully saturated rings. The number of thioether (sulfide) groups is 1. The first kappa shape index (κ1) is 20.6. The molecule has 0 bridgehead atoms. The van der Waals surface area contributed by atoms with Gasteiger partial charge in [-0.1, -0.05) is 39.3 Å².